The smallest absolute Gasteiger partial charge is 0.250 e. The first-order valence-electron chi connectivity index (χ1n) is 7.03. The highest BCUT2D eigenvalue weighted by Crippen LogP contribution is 2.16. The van der Waals surface area contributed by atoms with E-state index in [-0.39, 0.29) is 17.5 Å². The summed E-state index contributed by atoms with van der Waals surface area (Å²) in [6.07, 6.45) is 4.71. The van der Waals surface area contributed by atoms with Gasteiger partial charge in [0.1, 0.15) is 0 Å². The number of hydrogen-bond donors (Lipinski definition) is 2. The molecular weight excluding hydrogens is 256 g/mol. The van der Waals surface area contributed by atoms with E-state index in [4.69, 9.17) is 5.73 Å². The van der Waals surface area contributed by atoms with Crippen molar-refractivity contribution in [1.82, 2.24) is 14.8 Å². The monoisotopic (exact) mass is 278 g/mol. The van der Waals surface area contributed by atoms with Gasteiger partial charge in [-0.25, -0.2) is 0 Å². The van der Waals surface area contributed by atoms with Gasteiger partial charge in [-0.15, -0.1) is 0 Å². The summed E-state index contributed by atoms with van der Waals surface area (Å²) in [6.45, 7) is 2.13. The van der Waals surface area contributed by atoms with Crippen LogP contribution < -0.4 is 16.6 Å². The zero-order chi connectivity index (χ0) is 14.5. The second-order valence-corrected chi connectivity index (χ2v) is 5.16. The Bertz CT molecular complexity index is 526. The number of nitrogen functional groups attached to an aromatic ring is 1. The highest BCUT2D eigenvalue weighted by atomic mass is 16.2. The van der Waals surface area contributed by atoms with Crippen LogP contribution in [0.4, 0.5) is 5.69 Å². The van der Waals surface area contributed by atoms with Gasteiger partial charge in [0, 0.05) is 38.1 Å². The van der Waals surface area contributed by atoms with Crippen LogP contribution in [-0.4, -0.2) is 41.6 Å². The zero-order valence-electron chi connectivity index (χ0n) is 11.8. The van der Waals surface area contributed by atoms with Gasteiger partial charge >= 0.3 is 0 Å². The Morgan fingerprint density at radius 1 is 1.40 bits per heavy atom. The fraction of sp³-hybridized carbons (Fsp3) is 0.571. The van der Waals surface area contributed by atoms with Crippen LogP contribution in [0.15, 0.2) is 23.1 Å². The fourth-order valence-electron chi connectivity index (χ4n) is 2.68. The van der Waals surface area contributed by atoms with Crippen molar-refractivity contribution in [3.05, 3.63) is 28.7 Å². The third kappa shape index (κ3) is 3.39. The molecule has 1 atom stereocenters. The van der Waals surface area contributed by atoms with Crippen molar-refractivity contribution in [1.29, 1.82) is 0 Å². The second kappa shape index (κ2) is 6.56. The maximum Gasteiger partial charge on any atom is 0.250 e. The predicted molar refractivity (Wildman–Crippen MR) is 78.4 cm³/mol. The van der Waals surface area contributed by atoms with Gasteiger partial charge in [-0.2, -0.15) is 0 Å². The van der Waals surface area contributed by atoms with Crippen LogP contribution in [0.5, 0.6) is 0 Å². The van der Waals surface area contributed by atoms with Gasteiger partial charge in [0.05, 0.1) is 6.04 Å². The van der Waals surface area contributed by atoms with Gasteiger partial charge in [-0.1, -0.05) is 6.42 Å². The summed E-state index contributed by atoms with van der Waals surface area (Å²) in [5, 5.41) is 2.71. The molecule has 1 unspecified atom stereocenters. The maximum absolute atomic E-state index is 11.9. The predicted octanol–water partition coefficient (Wildman–Crippen LogP) is 0.0310. The number of carbonyl (C=O) groups is 1. The minimum atomic E-state index is -0.0782. The van der Waals surface area contributed by atoms with Crippen LogP contribution >= 0.6 is 0 Å². The Kier molecular flexibility index (Phi) is 4.79. The van der Waals surface area contributed by atoms with Crippen LogP contribution in [0.2, 0.25) is 0 Å². The number of aromatic nitrogens is 1. The molecule has 1 saturated heterocycles. The summed E-state index contributed by atoms with van der Waals surface area (Å²) in [5.74, 6) is 0.0598. The molecule has 0 radical (unpaired) electrons. The summed E-state index contributed by atoms with van der Waals surface area (Å²) in [6, 6.07) is 3.00. The SMILES string of the molecule is CNC(=O)C1CCCCN1CCn1cc(N)ccc1=O. The van der Waals surface area contributed by atoms with Gasteiger partial charge in [-0.3, -0.25) is 14.5 Å². The standard InChI is InChI=1S/C14H22N4O2/c1-16-14(20)12-4-2-3-7-17(12)8-9-18-10-11(15)5-6-13(18)19/h5-6,10,12H,2-4,7-9,15H2,1H3,(H,16,20). The Morgan fingerprint density at radius 3 is 2.95 bits per heavy atom. The number of piperidine rings is 1. The molecule has 0 aliphatic carbocycles. The number of pyridine rings is 1. The van der Waals surface area contributed by atoms with E-state index in [0.29, 0.717) is 18.8 Å². The molecule has 20 heavy (non-hydrogen) atoms. The summed E-state index contributed by atoms with van der Waals surface area (Å²) in [4.78, 5) is 25.7. The lowest BCUT2D eigenvalue weighted by Crippen LogP contribution is -2.49. The lowest BCUT2D eigenvalue weighted by atomic mass is 10.0. The van der Waals surface area contributed by atoms with Gasteiger partial charge in [0.2, 0.25) is 5.91 Å². The number of hydrogen-bond acceptors (Lipinski definition) is 4. The van der Waals surface area contributed by atoms with Gasteiger partial charge in [0.15, 0.2) is 0 Å². The molecule has 0 aromatic carbocycles. The normalized spacial score (nSPS) is 19.8. The van der Waals surface area contributed by atoms with Crippen LogP contribution in [-0.2, 0) is 11.3 Å². The minimum Gasteiger partial charge on any atom is -0.398 e. The molecule has 6 heteroatoms. The van der Waals surface area contributed by atoms with E-state index in [1.54, 1.807) is 23.9 Å². The average Bonchev–Trinajstić information content (AvgIpc) is 2.47. The van der Waals surface area contributed by atoms with E-state index in [1.807, 2.05) is 0 Å². The van der Waals surface area contributed by atoms with Crippen molar-refractivity contribution >= 4 is 11.6 Å². The number of likely N-dealkylation sites (tertiary alicyclic amines) is 1. The van der Waals surface area contributed by atoms with Crippen molar-refractivity contribution in [2.24, 2.45) is 0 Å². The number of amides is 1. The first kappa shape index (κ1) is 14.6. The van der Waals surface area contributed by atoms with Crippen molar-refractivity contribution in [2.45, 2.75) is 31.8 Å². The van der Waals surface area contributed by atoms with Crippen molar-refractivity contribution in [3.8, 4) is 0 Å². The fourth-order valence-corrected chi connectivity index (χ4v) is 2.68. The summed E-state index contributed by atoms with van der Waals surface area (Å²) < 4.78 is 1.60. The molecule has 1 aliphatic heterocycles. The molecule has 110 valence electrons. The van der Waals surface area contributed by atoms with E-state index in [0.717, 1.165) is 25.8 Å². The highest BCUT2D eigenvalue weighted by molar-refractivity contribution is 5.81. The van der Waals surface area contributed by atoms with E-state index in [1.165, 1.54) is 6.07 Å². The van der Waals surface area contributed by atoms with Crippen molar-refractivity contribution in [3.63, 3.8) is 0 Å². The molecule has 0 bridgehead atoms. The first-order valence-corrected chi connectivity index (χ1v) is 7.03. The number of rotatable bonds is 4. The third-order valence-corrected chi connectivity index (χ3v) is 3.80. The molecule has 1 fully saturated rings. The average molecular weight is 278 g/mol. The van der Waals surface area contributed by atoms with Crippen LogP contribution in [0.25, 0.3) is 0 Å². The minimum absolute atomic E-state index is 0.0598. The van der Waals surface area contributed by atoms with E-state index in [2.05, 4.69) is 10.2 Å². The molecule has 1 aliphatic rings. The quantitative estimate of drug-likeness (QED) is 0.814. The van der Waals surface area contributed by atoms with Gasteiger partial charge < -0.3 is 15.6 Å². The Morgan fingerprint density at radius 2 is 2.20 bits per heavy atom. The Labute approximate surface area is 118 Å². The maximum atomic E-state index is 11.9. The molecule has 1 aromatic rings. The van der Waals surface area contributed by atoms with Crippen LogP contribution in [0, 0.1) is 0 Å². The van der Waals surface area contributed by atoms with E-state index < -0.39 is 0 Å². The van der Waals surface area contributed by atoms with Gasteiger partial charge in [0.25, 0.3) is 5.56 Å². The van der Waals surface area contributed by atoms with Crippen molar-refractivity contribution < 1.29 is 4.79 Å². The largest absolute Gasteiger partial charge is 0.398 e. The number of anilines is 1. The first-order chi connectivity index (χ1) is 9.61. The third-order valence-electron chi connectivity index (χ3n) is 3.80. The molecule has 0 spiro atoms. The number of carbonyl (C=O) groups excluding carboxylic acids is 1. The lowest BCUT2D eigenvalue weighted by Gasteiger charge is -2.34. The van der Waals surface area contributed by atoms with E-state index >= 15 is 0 Å². The molecule has 1 amide bonds. The van der Waals surface area contributed by atoms with E-state index in [9.17, 15) is 9.59 Å². The number of nitrogens with zero attached hydrogens (tertiary/aromatic N) is 2. The Balaban J connectivity index is 2.02. The number of likely N-dealkylation sites (N-methyl/N-ethyl adjacent to an activating group) is 1. The topological polar surface area (TPSA) is 80.4 Å². The van der Waals surface area contributed by atoms with Crippen molar-refractivity contribution in [2.75, 3.05) is 25.9 Å². The molecule has 2 heterocycles. The summed E-state index contributed by atoms with van der Waals surface area (Å²) in [5.41, 5.74) is 6.21. The molecule has 3 N–H and O–H groups in total. The second-order valence-electron chi connectivity index (χ2n) is 5.16. The van der Waals surface area contributed by atoms with Gasteiger partial charge in [-0.05, 0) is 25.5 Å². The molecule has 0 saturated carbocycles. The molecule has 6 nitrogen and oxygen atoms in total. The van der Waals surface area contributed by atoms with Crippen LogP contribution in [0.3, 0.4) is 0 Å². The number of nitrogens with two attached hydrogens (primary N) is 1. The Hall–Kier alpha value is -1.82. The van der Waals surface area contributed by atoms with Crippen LogP contribution in [0.1, 0.15) is 19.3 Å². The molecule has 2 rings (SSSR count). The lowest BCUT2D eigenvalue weighted by molar-refractivity contribution is -0.127. The number of nitrogens with one attached hydrogen (secondary N) is 1. The zero-order valence-corrected chi connectivity index (χ0v) is 11.8. The molecule has 1 aromatic heterocycles. The summed E-state index contributed by atoms with van der Waals surface area (Å²) >= 11 is 0. The molecular formula is C14H22N4O2. The highest BCUT2D eigenvalue weighted by Gasteiger charge is 2.27. The summed E-state index contributed by atoms with van der Waals surface area (Å²) in [7, 11) is 1.66.